The van der Waals surface area contributed by atoms with Crippen LogP contribution in [-0.2, 0) is 12.8 Å². The third-order valence-electron chi connectivity index (χ3n) is 3.70. The average Bonchev–Trinajstić information content (AvgIpc) is 2.91. The van der Waals surface area contributed by atoms with Crippen LogP contribution < -0.4 is 5.32 Å². The summed E-state index contributed by atoms with van der Waals surface area (Å²) in [4.78, 5) is 0. The first-order valence-electron chi connectivity index (χ1n) is 6.63. The standard InChI is InChI=1S/C16H15F2NO/c17-13-5-2-6-14(18)12(13)9-15(20)11-4-1-3-10-7-8-19-16(10)11/h1-6,15,19-20H,7-9H2. The molecule has 20 heavy (non-hydrogen) atoms. The quantitative estimate of drug-likeness (QED) is 0.901. The minimum absolute atomic E-state index is 0.0728. The third kappa shape index (κ3) is 2.27. The van der Waals surface area contributed by atoms with Gasteiger partial charge in [-0.1, -0.05) is 24.3 Å². The van der Waals surface area contributed by atoms with Crippen molar-refractivity contribution in [2.24, 2.45) is 0 Å². The van der Waals surface area contributed by atoms with Gasteiger partial charge in [0.1, 0.15) is 11.6 Å². The van der Waals surface area contributed by atoms with Crippen molar-refractivity contribution in [3.05, 3.63) is 64.7 Å². The molecule has 0 aromatic heterocycles. The first-order chi connectivity index (χ1) is 9.66. The van der Waals surface area contributed by atoms with Crippen LogP contribution in [0.2, 0.25) is 0 Å². The molecule has 0 bridgehead atoms. The lowest BCUT2D eigenvalue weighted by atomic mass is 9.97. The average molecular weight is 275 g/mol. The normalized spacial score (nSPS) is 14.8. The summed E-state index contributed by atoms with van der Waals surface area (Å²) in [6.45, 7) is 0.827. The van der Waals surface area contributed by atoms with E-state index in [9.17, 15) is 13.9 Å². The molecule has 0 spiro atoms. The van der Waals surface area contributed by atoms with Crippen molar-refractivity contribution in [1.29, 1.82) is 0 Å². The van der Waals surface area contributed by atoms with E-state index in [-0.39, 0.29) is 12.0 Å². The van der Waals surface area contributed by atoms with Crippen molar-refractivity contribution in [3.63, 3.8) is 0 Å². The molecule has 1 atom stereocenters. The van der Waals surface area contributed by atoms with Crippen molar-refractivity contribution in [3.8, 4) is 0 Å². The largest absolute Gasteiger partial charge is 0.388 e. The zero-order valence-electron chi connectivity index (χ0n) is 10.9. The van der Waals surface area contributed by atoms with Gasteiger partial charge >= 0.3 is 0 Å². The highest BCUT2D eigenvalue weighted by molar-refractivity contribution is 5.62. The number of aliphatic hydroxyl groups is 1. The van der Waals surface area contributed by atoms with Crippen molar-refractivity contribution >= 4 is 5.69 Å². The summed E-state index contributed by atoms with van der Waals surface area (Å²) in [6, 6.07) is 9.39. The summed E-state index contributed by atoms with van der Waals surface area (Å²) in [6.07, 6.45) is -0.0948. The van der Waals surface area contributed by atoms with Gasteiger partial charge in [0.2, 0.25) is 0 Å². The van der Waals surface area contributed by atoms with E-state index in [0.717, 1.165) is 24.2 Å². The van der Waals surface area contributed by atoms with Crippen molar-refractivity contribution in [2.75, 3.05) is 11.9 Å². The highest BCUT2D eigenvalue weighted by Gasteiger charge is 2.21. The van der Waals surface area contributed by atoms with Crippen LogP contribution in [0.1, 0.15) is 22.8 Å². The number of anilines is 1. The zero-order chi connectivity index (χ0) is 14.1. The van der Waals surface area contributed by atoms with Crippen LogP contribution >= 0.6 is 0 Å². The minimum atomic E-state index is -0.929. The Morgan fingerprint density at radius 3 is 2.55 bits per heavy atom. The molecule has 1 heterocycles. The molecule has 2 nitrogen and oxygen atoms in total. The summed E-state index contributed by atoms with van der Waals surface area (Å²) < 4.78 is 27.3. The Hall–Kier alpha value is -1.94. The fourth-order valence-electron chi connectivity index (χ4n) is 2.67. The number of fused-ring (bicyclic) bond motifs is 1. The van der Waals surface area contributed by atoms with Gasteiger partial charge in [0.25, 0.3) is 0 Å². The highest BCUT2D eigenvalue weighted by atomic mass is 19.1. The topological polar surface area (TPSA) is 32.3 Å². The van der Waals surface area contributed by atoms with Crippen LogP contribution in [0, 0.1) is 11.6 Å². The number of aliphatic hydroxyl groups excluding tert-OH is 1. The van der Waals surface area contributed by atoms with Crippen LogP contribution in [0.3, 0.4) is 0 Å². The Balaban J connectivity index is 1.91. The molecular weight excluding hydrogens is 260 g/mol. The SMILES string of the molecule is OC(Cc1c(F)cccc1F)c1cccc2c1NCC2. The third-order valence-corrected chi connectivity index (χ3v) is 3.70. The van der Waals surface area contributed by atoms with Gasteiger partial charge in [0, 0.05) is 29.8 Å². The fourth-order valence-corrected chi connectivity index (χ4v) is 2.67. The molecule has 0 aliphatic carbocycles. The number of hydrogen-bond acceptors (Lipinski definition) is 2. The fraction of sp³-hybridized carbons (Fsp3) is 0.250. The first-order valence-corrected chi connectivity index (χ1v) is 6.63. The lowest BCUT2D eigenvalue weighted by molar-refractivity contribution is 0.176. The first kappa shape index (κ1) is 13.1. The highest BCUT2D eigenvalue weighted by Crippen LogP contribution is 2.32. The van der Waals surface area contributed by atoms with Crippen LogP contribution in [0.4, 0.5) is 14.5 Å². The number of halogens is 2. The molecule has 1 aliphatic heterocycles. The van der Waals surface area contributed by atoms with Crippen molar-refractivity contribution < 1.29 is 13.9 Å². The predicted octanol–water partition coefficient (Wildman–Crippen LogP) is 3.21. The minimum Gasteiger partial charge on any atom is -0.388 e. The van der Waals surface area contributed by atoms with Crippen LogP contribution in [0.15, 0.2) is 36.4 Å². The van der Waals surface area contributed by atoms with E-state index in [2.05, 4.69) is 5.32 Å². The second-order valence-electron chi connectivity index (χ2n) is 4.98. The summed E-state index contributed by atoms with van der Waals surface area (Å²) in [5.74, 6) is -1.24. The second-order valence-corrected chi connectivity index (χ2v) is 4.98. The van der Waals surface area contributed by atoms with Gasteiger partial charge in [-0.3, -0.25) is 0 Å². The van der Waals surface area contributed by atoms with Crippen molar-refractivity contribution in [1.82, 2.24) is 0 Å². The van der Waals surface area contributed by atoms with Crippen LogP contribution in [-0.4, -0.2) is 11.7 Å². The van der Waals surface area contributed by atoms with E-state index in [4.69, 9.17) is 0 Å². The number of hydrogen-bond donors (Lipinski definition) is 2. The molecule has 1 aliphatic rings. The molecular formula is C16H15F2NO. The number of para-hydroxylation sites is 1. The van der Waals surface area contributed by atoms with Gasteiger partial charge in [-0.05, 0) is 24.1 Å². The molecule has 1 unspecified atom stereocenters. The van der Waals surface area contributed by atoms with Gasteiger partial charge in [-0.15, -0.1) is 0 Å². The summed E-state index contributed by atoms with van der Waals surface area (Å²) >= 11 is 0. The predicted molar refractivity (Wildman–Crippen MR) is 73.7 cm³/mol. The maximum Gasteiger partial charge on any atom is 0.129 e. The number of benzene rings is 2. The van der Waals surface area contributed by atoms with Gasteiger partial charge in [-0.25, -0.2) is 8.78 Å². The van der Waals surface area contributed by atoms with E-state index < -0.39 is 17.7 Å². The van der Waals surface area contributed by atoms with Crippen LogP contribution in [0.25, 0.3) is 0 Å². The molecule has 2 aromatic carbocycles. The molecule has 0 fully saturated rings. The lowest BCUT2D eigenvalue weighted by Crippen LogP contribution is -2.08. The van der Waals surface area contributed by atoms with E-state index in [1.54, 1.807) is 6.07 Å². The zero-order valence-corrected chi connectivity index (χ0v) is 10.9. The Bertz CT molecular complexity index is 622. The smallest absolute Gasteiger partial charge is 0.129 e. The van der Waals surface area contributed by atoms with Crippen molar-refractivity contribution in [2.45, 2.75) is 18.9 Å². The van der Waals surface area contributed by atoms with E-state index in [1.807, 2.05) is 12.1 Å². The van der Waals surface area contributed by atoms with Gasteiger partial charge in [0.05, 0.1) is 6.10 Å². The molecule has 3 rings (SSSR count). The molecule has 0 saturated heterocycles. The maximum absolute atomic E-state index is 13.6. The monoisotopic (exact) mass is 275 g/mol. The van der Waals surface area contributed by atoms with E-state index in [1.165, 1.54) is 18.2 Å². The summed E-state index contributed by atoms with van der Waals surface area (Å²) in [7, 11) is 0. The Morgan fingerprint density at radius 1 is 1.10 bits per heavy atom. The molecule has 2 aromatic rings. The molecule has 2 N–H and O–H groups in total. The molecule has 4 heteroatoms. The molecule has 0 amide bonds. The van der Waals surface area contributed by atoms with E-state index in [0.29, 0.717) is 5.56 Å². The summed E-state index contributed by atoms with van der Waals surface area (Å²) in [5.41, 5.74) is 2.66. The Morgan fingerprint density at radius 2 is 1.80 bits per heavy atom. The Labute approximate surface area is 116 Å². The second kappa shape index (κ2) is 5.21. The lowest BCUT2D eigenvalue weighted by Gasteiger charge is -2.16. The van der Waals surface area contributed by atoms with E-state index >= 15 is 0 Å². The Kier molecular flexibility index (Phi) is 3.40. The molecule has 104 valence electrons. The van der Waals surface area contributed by atoms with Gasteiger partial charge in [0.15, 0.2) is 0 Å². The van der Waals surface area contributed by atoms with Gasteiger partial charge < -0.3 is 10.4 Å². The molecule has 0 saturated carbocycles. The number of nitrogens with one attached hydrogen (secondary N) is 1. The molecule has 0 radical (unpaired) electrons. The summed E-state index contributed by atoms with van der Waals surface area (Å²) in [5, 5.41) is 13.5. The van der Waals surface area contributed by atoms with Crippen LogP contribution in [0.5, 0.6) is 0 Å². The van der Waals surface area contributed by atoms with Gasteiger partial charge in [-0.2, -0.15) is 0 Å². The number of rotatable bonds is 3. The maximum atomic E-state index is 13.6.